The first-order chi connectivity index (χ1) is 4.59. The highest BCUT2D eigenvalue weighted by atomic mass is 16.7. The number of carboxylic acid groups (broad SMARTS) is 1. The van der Waals surface area contributed by atoms with Crippen molar-refractivity contribution in [3.8, 4) is 0 Å². The maximum absolute atomic E-state index is 9.79. The Labute approximate surface area is 55.6 Å². The van der Waals surface area contributed by atoms with Gasteiger partial charge in [-0.05, 0) is 0 Å². The molecule has 0 bridgehead atoms. The quantitative estimate of drug-likeness (QED) is 0.241. The number of aliphatic carboxylic acids is 1. The summed E-state index contributed by atoms with van der Waals surface area (Å²) in [6.07, 6.45) is 0. The van der Waals surface area contributed by atoms with Gasteiger partial charge in [0.25, 0.3) is 5.76 Å². The van der Waals surface area contributed by atoms with Crippen molar-refractivity contribution < 1.29 is 30.0 Å². The number of aliphatic hydroxyl groups excluding tert-OH is 3. The lowest BCUT2D eigenvalue weighted by Crippen LogP contribution is -2.06. The van der Waals surface area contributed by atoms with Crippen molar-refractivity contribution in [3.05, 3.63) is 11.7 Å². The third kappa shape index (κ3) is 2.23. The smallest absolute Gasteiger partial charge is 0.378 e. The molecule has 0 saturated carbocycles. The molecule has 0 saturated heterocycles. The van der Waals surface area contributed by atoms with Crippen LogP contribution in [0.1, 0.15) is 0 Å². The highest BCUT2D eigenvalue weighted by molar-refractivity contribution is 5.83. The molecule has 0 amide bonds. The molecule has 0 aliphatic rings. The van der Waals surface area contributed by atoms with E-state index in [-0.39, 0.29) is 0 Å². The molecule has 0 atom stereocenters. The van der Waals surface area contributed by atoms with E-state index in [0.29, 0.717) is 0 Å². The average molecular weight is 150 g/mol. The Morgan fingerprint density at radius 3 is 2.10 bits per heavy atom. The van der Waals surface area contributed by atoms with Crippen LogP contribution in [0, 0.1) is 0 Å². The Balaban J connectivity index is 4.19. The largest absolute Gasteiger partial charge is 0.497 e. The number of carbonyl (C=O) groups is 1. The zero-order chi connectivity index (χ0) is 8.15. The number of aliphatic hydroxyl groups is 3. The summed E-state index contributed by atoms with van der Waals surface area (Å²) < 4.78 is 3.82. The molecular formula is C4H6O6. The molecule has 0 spiro atoms. The van der Waals surface area contributed by atoms with Crippen LogP contribution in [0.3, 0.4) is 0 Å². The lowest BCUT2D eigenvalue weighted by Gasteiger charge is -1.99. The molecule has 6 heteroatoms. The summed E-state index contributed by atoms with van der Waals surface area (Å²) in [5.74, 6) is -4.28. The second-order valence-electron chi connectivity index (χ2n) is 1.23. The summed E-state index contributed by atoms with van der Waals surface area (Å²) >= 11 is 0. The van der Waals surface area contributed by atoms with E-state index in [1.54, 1.807) is 0 Å². The van der Waals surface area contributed by atoms with Crippen molar-refractivity contribution in [2.45, 2.75) is 0 Å². The molecular weight excluding hydrogens is 144 g/mol. The highest BCUT2D eigenvalue weighted by Crippen LogP contribution is 1.97. The fourth-order valence-corrected chi connectivity index (χ4v) is 0.221. The van der Waals surface area contributed by atoms with Crippen LogP contribution in [0.15, 0.2) is 11.7 Å². The zero-order valence-corrected chi connectivity index (χ0v) is 4.81. The predicted molar refractivity (Wildman–Crippen MR) is 28.1 cm³/mol. The maximum Gasteiger partial charge on any atom is 0.378 e. The zero-order valence-electron chi connectivity index (χ0n) is 4.81. The third-order valence-corrected chi connectivity index (χ3v) is 0.606. The molecule has 4 N–H and O–H groups in total. The van der Waals surface area contributed by atoms with Gasteiger partial charge in [0.1, 0.15) is 0 Å². The summed E-state index contributed by atoms with van der Waals surface area (Å²) in [6, 6.07) is 0. The molecule has 10 heavy (non-hydrogen) atoms. The van der Waals surface area contributed by atoms with Gasteiger partial charge in [-0.2, -0.15) is 0 Å². The van der Waals surface area contributed by atoms with Crippen LogP contribution in [-0.2, 0) is 9.53 Å². The third-order valence-electron chi connectivity index (χ3n) is 0.606. The molecule has 0 aliphatic heterocycles. The van der Waals surface area contributed by atoms with Crippen LogP contribution >= 0.6 is 0 Å². The Hall–Kier alpha value is -1.43. The number of carboxylic acids is 1. The minimum absolute atomic E-state index is 0.900. The van der Waals surface area contributed by atoms with Crippen molar-refractivity contribution in [2.24, 2.45) is 0 Å². The fraction of sp³-hybridized carbons (Fsp3) is 0.250. The van der Waals surface area contributed by atoms with Crippen LogP contribution in [0.25, 0.3) is 0 Å². The highest BCUT2D eigenvalue weighted by Gasteiger charge is 2.12. The number of hydrogen-bond acceptors (Lipinski definition) is 5. The van der Waals surface area contributed by atoms with Crippen LogP contribution in [0.2, 0.25) is 0 Å². The van der Waals surface area contributed by atoms with E-state index in [4.69, 9.17) is 20.4 Å². The van der Waals surface area contributed by atoms with E-state index in [0.717, 1.165) is 0 Å². The van der Waals surface area contributed by atoms with Gasteiger partial charge in [-0.15, -0.1) is 0 Å². The van der Waals surface area contributed by atoms with Crippen LogP contribution < -0.4 is 0 Å². The molecule has 0 aliphatic carbocycles. The van der Waals surface area contributed by atoms with Gasteiger partial charge in [0.05, 0.1) is 0 Å². The number of rotatable bonds is 3. The number of hydrogen-bond donors (Lipinski definition) is 4. The average Bonchev–Trinajstić information content (AvgIpc) is 1.87. The monoisotopic (exact) mass is 150 g/mol. The van der Waals surface area contributed by atoms with E-state index in [9.17, 15) is 4.79 Å². The van der Waals surface area contributed by atoms with Crippen molar-refractivity contribution in [1.82, 2.24) is 0 Å². The maximum atomic E-state index is 9.79. The predicted octanol–water partition coefficient (Wildman–Crippen LogP) is -0.677. The van der Waals surface area contributed by atoms with Gasteiger partial charge < -0.3 is 25.2 Å². The molecule has 0 heterocycles. The standard InChI is InChI=1S/C4H6O6/c5-1-10-4(9)2(6)3(7)8/h5-6,9H,1H2,(H,7,8)/b4-2-. The van der Waals surface area contributed by atoms with Gasteiger partial charge in [0, 0.05) is 0 Å². The van der Waals surface area contributed by atoms with Crippen molar-refractivity contribution in [3.63, 3.8) is 0 Å². The van der Waals surface area contributed by atoms with E-state index in [1.807, 2.05) is 0 Å². The molecule has 0 aromatic heterocycles. The Kier molecular flexibility index (Phi) is 3.06. The summed E-state index contributed by atoms with van der Waals surface area (Å²) in [4.78, 5) is 9.79. The second-order valence-corrected chi connectivity index (χ2v) is 1.23. The van der Waals surface area contributed by atoms with Gasteiger partial charge >= 0.3 is 11.9 Å². The van der Waals surface area contributed by atoms with Crippen LogP contribution in [0.5, 0.6) is 0 Å². The van der Waals surface area contributed by atoms with Gasteiger partial charge in [-0.25, -0.2) is 4.79 Å². The summed E-state index contributed by atoms with van der Waals surface area (Å²) in [6.45, 7) is -0.900. The number of ether oxygens (including phenoxy) is 1. The lowest BCUT2D eigenvalue weighted by atomic mass is 10.5. The van der Waals surface area contributed by atoms with E-state index < -0.39 is 24.5 Å². The van der Waals surface area contributed by atoms with E-state index in [1.165, 1.54) is 0 Å². The fourth-order valence-electron chi connectivity index (χ4n) is 0.221. The first-order valence-corrected chi connectivity index (χ1v) is 2.18. The van der Waals surface area contributed by atoms with Gasteiger partial charge in [0.15, 0.2) is 6.79 Å². The summed E-state index contributed by atoms with van der Waals surface area (Å²) in [5.41, 5.74) is 0. The second kappa shape index (κ2) is 3.57. The van der Waals surface area contributed by atoms with Gasteiger partial charge in [-0.1, -0.05) is 0 Å². The lowest BCUT2D eigenvalue weighted by molar-refractivity contribution is -0.137. The van der Waals surface area contributed by atoms with Crippen molar-refractivity contribution in [1.29, 1.82) is 0 Å². The minimum Gasteiger partial charge on any atom is -0.497 e. The Bertz CT molecular complexity index is 159. The SMILES string of the molecule is O=C(O)/C(O)=C(\O)OCO. The van der Waals surface area contributed by atoms with Crippen molar-refractivity contribution >= 4 is 5.97 Å². The van der Waals surface area contributed by atoms with Gasteiger partial charge in [0.2, 0.25) is 0 Å². The molecule has 58 valence electrons. The van der Waals surface area contributed by atoms with E-state index in [2.05, 4.69) is 4.74 Å². The summed E-state index contributed by atoms with van der Waals surface area (Å²) in [5, 5.41) is 32.6. The molecule has 0 rings (SSSR count). The molecule has 0 unspecified atom stereocenters. The van der Waals surface area contributed by atoms with Gasteiger partial charge in [-0.3, -0.25) is 0 Å². The minimum atomic E-state index is -1.73. The molecule has 0 radical (unpaired) electrons. The first-order valence-electron chi connectivity index (χ1n) is 2.18. The molecule has 6 nitrogen and oxygen atoms in total. The summed E-state index contributed by atoms with van der Waals surface area (Å²) in [7, 11) is 0. The van der Waals surface area contributed by atoms with Crippen LogP contribution in [-0.4, -0.2) is 33.2 Å². The molecule has 0 fully saturated rings. The van der Waals surface area contributed by atoms with Crippen molar-refractivity contribution in [2.75, 3.05) is 6.79 Å². The molecule has 0 aromatic rings. The first kappa shape index (κ1) is 8.57. The Morgan fingerprint density at radius 1 is 1.30 bits per heavy atom. The normalized spacial score (nSPS) is 12.1. The Morgan fingerprint density at radius 2 is 1.80 bits per heavy atom. The molecule has 0 aromatic carbocycles. The van der Waals surface area contributed by atoms with E-state index >= 15 is 0 Å². The van der Waals surface area contributed by atoms with Crippen LogP contribution in [0.4, 0.5) is 0 Å². The topological polar surface area (TPSA) is 107 Å².